The van der Waals surface area contributed by atoms with E-state index in [1.165, 1.54) is 12.1 Å². The summed E-state index contributed by atoms with van der Waals surface area (Å²) in [4.78, 5) is 0.232. The zero-order valence-corrected chi connectivity index (χ0v) is 14.2. The Bertz CT molecular complexity index is 753. The molecule has 2 aromatic rings. The van der Waals surface area contributed by atoms with E-state index in [2.05, 4.69) is 20.7 Å². The van der Waals surface area contributed by atoms with Gasteiger partial charge in [-0.25, -0.2) is 13.1 Å². The van der Waals surface area contributed by atoms with Crippen molar-refractivity contribution < 1.29 is 8.42 Å². The second-order valence-corrected chi connectivity index (χ2v) is 8.18. The lowest BCUT2D eigenvalue weighted by molar-refractivity contribution is 0.551. The first-order chi connectivity index (χ1) is 9.91. The molecule has 0 saturated heterocycles. The van der Waals surface area contributed by atoms with Crippen LogP contribution >= 0.6 is 27.5 Å². The Kier molecular flexibility index (Phi) is 3.86. The van der Waals surface area contributed by atoms with E-state index in [9.17, 15) is 8.42 Å². The molecule has 1 aliphatic rings. The highest BCUT2D eigenvalue weighted by atomic mass is 79.9. The van der Waals surface area contributed by atoms with Crippen molar-refractivity contribution in [3.63, 3.8) is 0 Å². The summed E-state index contributed by atoms with van der Waals surface area (Å²) in [6, 6.07) is 13.9. The Morgan fingerprint density at radius 3 is 2.10 bits per heavy atom. The largest absolute Gasteiger partial charge is 0.241 e. The van der Waals surface area contributed by atoms with E-state index in [1.54, 1.807) is 12.1 Å². The number of sulfonamides is 1. The lowest BCUT2D eigenvalue weighted by atomic mass is 10.1. The van der Waals surface area contributed by atoms with Gasteiger partial charge in [-0.1, -0.05) is 39.7 Å². The first-order valence-corrected chi connectivity index (χ1v) is 9.12. The van der Waals surface area contributed by atoms with Crippen molar-refractivity contribution in [2.45, 2.75) is 23.3 Å². The van der Waals surface area contributed by atoms with Crippen molar-refractivity contribution in [3.05, 3.63) is 63.6 Å². The van der Waals surface area contributed by atoms with Gasteiger partial charge in [-0.2, -0.15) is 0 Å². The van der Waals surface area contributed by atoms with Gasteiger partial charge in [-0.05, 0) is 54.8 Å². The molecule has 1 aliphatic carbocycles. The number of rotatable bonds is 4. The molecular formula is C15H13BrClNO2S. The number of benzene rings is 2. The SMILES string of the molecule is O=S(=O)(NC1(c2ccc(Br)cc2)CC1)c1ccc(Cl)cc1. The van der Waals surface area contributed by atoms with E-state index in [-0.39, 0.29) is 4.90 Å². The van der Waals surface area contributed by atoms with Gasteiger partial charge in [0.1, 0.15) is 0 Å². The zero-order chi connectivity index (χ0) is 15.1. The average Bonchev–Trinajstić information content (AvgIpc) is 3.20. The van der Waals surface area contributed by atoms with Crippen LogP contribution in [0.5, 0.6) is 0 Å². The maximum atomic E-state index is 12.5. The molecule has 1 fully saturated rings. The van der Waals surface area contributed by atoms with E-state index >= 15 is 0 Å². The maximum absolute atomic E-state index is 12.5. The number of hydrogen-bond donors (Lipinski definition) is 1. The minimum Gasteiger partial charge on any atom is -0.207 e. The standard InChI is InChI=1S/C15H13BrClNO2S/c16-12-3-1-11(2-4-12)15(9-10-15)18-21(19,20)14-7-5-13(17)6-8-14/h1-8,18H,9-10H2. The predicted octanol–water partition coefficient (Wildman–Crippen LogP) is 4.07. The highest BCUT2D eigenvalue weighted by molar-refractivity contribution is 9.10. The minimum absolute atomic E-state index is 0.232. The Morgan fingerprint density at radius 1 is 1.00 bits per heavy atom. The molecule has 110 valence electrons. The lowest BCUT2D eigenvalue weighted by Crippen LogP contribution is -2.34. The molecule has 0 heterocycles. The molecule has 0 atom stereocenters. The monoisotopic (exact) mass is 385 g/mol. The van der Waals surface area contributed by atoms with Crippen LogP contribution in [0, 0.1) is 0 Å². The zero-order valence-electron chi connectivity index (χ0n) is 11.0. The third-order valence-corrected chi connectivity index (χ3v) is 5.93. The predicted molar refractivity (Wildman–Crippen MR) is 86.8 cm³/mol. The fourth-order valence-corrected chi connectivity index (χ4v) is 4.11. The normalized spacial score (nSPS) is 16.7. The molecule has 0 aromatic heterocycles. The van der Waals surface area contributed by atoms with Crippen LogP contribution in [0.4, 0.5) is 0 Å². The lowest BCUT2D eigenvalue weighted by Gasteiger charge is -2.18. The van der Waals surface area contributed by atoms with Crippen LogP contribution in [0.15, 0.2) is 57.9 Å². The fourth-order valence-electron chi connectivity index (χ4n) is 2.27. The average molecular weight is 387 g/mol. The Hall–Kier alpha value is -0.880. The molecule has 3 rings (SSSR count). The minimum atomic E-state index is -3.55. The van der Waals surface area contributed by atoms with E-state index in [0.717, 1.165) is 22.9 Å². The molecule has 6 heteroatoms. The van der Waals surface area contributed by atoms with Crippen LogP contribution in [0.3, 0.4) is 0 Å². The van der Waals surface area contributed by atoms with Gasteiger partial charge in [-0.15, -0.1) is 0 Å². The van der Waals surface area contributed by atoms with Crippen LogP contribution in [0.2, 0.25) is 5.02 Å². The number of hydrogen-bond acceptors (Lipinski definition) is 2. The van der Waals surface area contributed by atoms with Gasteiger partial charge >= 0.3 is 0 Å². The summed E-state index contributed by atoms with van der Waals surface area (Å²) in [7, 11) is -3.55. The van der Waals surface area contributed by atoms with Crippen molar-refractivity contribution in [1.29, 1.82) is 0 Å². The van der Waals surface area contributed by atoms with Gasteiger partial charge in [0, 0.05) is 9.50 Å². The van der Waals surface area contributed by atoms with Crippen molar-refractivity contribution in [2.24, 2.45) is 0 Å². The van der Waals surface area contributed by atoms with Crippen LogP contribution in [-0.2, 0) is 15.6 Å². The van der Waals surface area contributed by atoms with Gasteiger partial charge in [0.2, 0.25) is 10.0 Å². The third-order valence-electron chi connectivity index (χ3n) is 3.60. The van der Waals surface area contributed by atoms with Gasteiger partial charge < -0.3 is 0 Å². The molecule has 21 heavy (non-hydrogen) atoms. The molecule has 3 nitrogen and oxygen atoms in total. The van der Waals surface area contributed by atoms with Crippen molar-refractivity contribution in [2.75, 3.05) is 0 Å². The van der Waals surface area contributed by atoms with Crippen LogP contribution in [-0.4, -0.2) is 8.42 Å². The van der Waals surface area contributed by atoms with E-state index in [1.807, 2.05) is 24.3 Å². The number of nitrogens with one attached hydrogen (secondary N) is 1. The Morgan fingerprint density at radius 2 is 1.57 bits per heavy atom. The maximum Gasteiger partial charge on any atom is 0.241 e. The molecule has 0 spiro atoms. The summed E-state index contributed by atoms with van der Waals surface area (Å²) < 4.78 is 28.8. The van der Waals surface area contributed by atoms with E-state index in [0.29, 0.717) is 5.02 Å². The smallest absolute Gasteiger partial charge is 0.207 e. The molecule has 0 aliphatic heterocycles. The second-order valence-electron chi connectivity index (χ2n) is 5.15. The summed E-state index contributed by atoms with van der Waals surface area (Å²) in [6.07, 6.45) is 1.61. The molecule has 0 amide bonds. The van der Waals surface area contributed by atoms with Crippen LogP contribution < -0.4 is 4.72 Å². The van der Waals surface area contributed by atoms with Gasteiger partial charge in [0.05, 0.1) is 10.4 Å². The van der Waals surface area contributed by atoms with Crippen molar-refractivity contribution >= 4 is 37.6 Å². The quantitative estimate of drug-likeness (QED) is 0.861. The molecule has 0 bridgehead atoms. The summed E-state index contributed by atoms with van der Waals surface area (Å²) in [5.74, 6) is 0. The Balaban J connectivity index is 1.88. The Labute approximate surface area is 137 Å². The molecule has 1 N–H and O–H groups in total. The molecule has 1 saturated carbocycles. The van der Waals surface area contributed by atoms with Crippen LogP contribution in [0.25, 0.3) is 0 Å². The van der Waals surface area contributed by atoms with Crippen LogP contribution in [0.1, 0.15) is 18.4 Å². The molecule has 0 unspecified atom stereocenters. The number of halogens is 2. The topological polar surface area (TPSA) is 46.2 Å². The van der Waals surface area contributed by atoms with Crippen molar-refractivity contribution in [3.8, 4) is 0 Å². The fraction of sp³-hybridized carbons (Fsp3) is 0.200. The first-order valence-electron chi connectivity index (χ1n) is 6.47. The van der Waals surface area contributed by atoms with E-state index < -0.39 is 15.6 Å². The van der Waals surface area contributed by atoms with Crippen molar-refractivity contribution in [1.82, 2.24) is 4.72 Å². The summed E-state index contributed by atoms with van der Waals surface area (Å²) >= 11 is 9.18. The highest BCUT2D eigenvalue weighted by Gasteiger charge is 2.47. The third kappa shape index (κ3) is 3.16. The summed E-state index contributed by atoms with van der Waals surface area (Å²) in [6.45, 7) is 0. The molecular weight excluding hydrogens is 374 g/mol. The summed E-state index contributed by atoms with van der Waals surface area (Å²) in [5.41, 5.74) is 0.516. The van der Waals surface area contributed by atoms with E-state index in [4.69, 9.17) is 11.6 Å². The second kappa shape index (κ2) is 5.39. The highest BCUT2D eigenvalue weighted by Crippen LogP contribution is 2.46. The first kappa shape index (κ1) is 15.0. The van der Waals surface area contributed by atoms with Gasteiger partial charge in [-0.3, -0.25) is 0 Å². The molecule has 2 aromatic carbocycles. The van der Waals surface area contributed by atoms with Gasteiger partial charge in [0.25, 0.3) is 0 Å². The molecule has 0 radical (unpaired) electrons. The van der Waals surface area contributed by atoms with Gasteiger partial charge in [0.15, 0.2) is 0 Å². The summed E-state index contributed by atoms with van der Waals surface area (Å²) in [5, 5.41) is 0.517.